The number of fused-ring (bicyclic) bond motifs is 2. The van der Waals surface area contributed by atoms with Crippen molar-refractivity contribution in [2.45, 2.75) is 76.2 Å². The van der Waals surface area contributed by atoms with Gasteiger partial charge in [-0.05, 0) is 38.3 Å². The molecule has 2 bridgehead atoms. The lowest BCUT2D eigenvalue weighted by Gasteiger charge is -2.31. The van der Waals surface area contributed by atoms with Crippen LogP contribution in [0.2, 0.25) is 0 Å². The van der Waals surface area contributed by atoms with Gasteiger partial charge in [-0.1, -0.05) is 38.0 Å². The number of nitrogens with zero attached hydrogens (tertiary/aromatic N) is 3. The first-order valence-corrected chi connectivity index (χ1v) is 16.8. The lowest BCUT2D eigenvalue weighted by Crippen LogP contribution is -2.41. The molecule has 2 aromatic rings. The van der Waals surface area contributed by atoms with E-state index < -0.39 is 55.5 Å². The minimum absolute atomic E-state index is 0.0641. The minimum atomic E-state index is -4.94. The predicted octanol–water partition coefficient (Wildman–Crippen LogP) is 4.57. The van der Waals surface area contributed by atoms with Gasteiger partial charge in [0.25, 0.3) is 5.91 Å². The third-order valence-corrected chi connectivity index (χ3v) is 9.29. The molecule has 2 unspecified atom stereocenters. The van der Waals surface area contributed by atoms with Gasteiger partial charge >= 0.3 is 25.6 Å². The van der Waals surface area contributed by atoms with Crippen LogP contribution >= 0.6 is 7.82 Å². The number of hydrogen-bond donors (Lipinski definition) is 2. The molecule has 48 heavy (non-hydrogen) atoms. The molecule has 2 amide bonds. The number of anilines is 1. The molecule has 1 aromatic carbocycles. The molecule has 0 aliphatic carbocycles. The van der Waals surface area contributed by atoms with Crippen LogP contribution in [0.15, 0.2) is 41.3 Å². The molecule has 5 atom stereocenters. The fourth-order valence-electron chi connectivity index (χ4n) is 5.24. The number of unbranched alkanes of at least 4 members (excludes halogenated alkanes) is 3. The summed E-state index contributed by atoms with van der Waals surface area (Å²) in [6.45, 7) is 9.95. The standard InChI is InChI=1S/C30H37F3N5O9P/c1-4-29-19-43-22(26(46-29)38-18-20(2)24(37-28(38)41)36-25(39)21-12-8-7-9-13-21)23(29)47-48(42,45-17-15-34-3)44-16-11-6-5-10-14-35-27(40)30(31,32)33/h7-9,12-13,18,22-23,26H,4-6,10-11,14-17,19H2,1-2H3,(H,35,40)(H,36,37,39,41)/t22?,23-,26-,29+,48?/m1/s1. The Morgan fingerprint density at radius 1 is 1.17 bits per heavy atom. The van der Waals surface area contributed by atoms with E-state index in [1.54, 1.807) is 42.6 Å². The molecular weight excluding hydrogens is 662 g/mol. The highest BCUT2D eigenvalue weighted by Crippen LogP contribution is 2.58. The lowest BCUT2D eigenvalue weighted by molar-refractivity contribution is -0.175. The highest BCUT2D eigenvalue weighted by molar-refractivity contribution is 7.48. The second-order valence-corrected chi connectivity index (χ2v) is 12.8. The van der Waals surface area contributed by atoms with Crippen LogP contribution < -0.4 is 16.3 Å². The molecule has 3 heterocycles. The van der Waals surface area contributed by atoms with Crippen LogP contribution in [0.25, 0.3) is 4.85 Å². The number of nitrogens with one attached hydrogen (secondary N) is 2. The first-order chi connectivity index (χ1) is 22.8. The number of hydrogen-bond acceptors (Lipinski definition) is 10. The van der Waals surface area contributed by atoms with E-state index in [4.69, 9.17) is 29.6 Å². The Labute approximate surface area is 274 Å². The summed E-state index contributed by atoms with van der Waals surface area (Å²) in [7, 11) is -4.31. The van der Waals surface area contributed by atoms with E-state index in [-0.39, 0.29) is 38.7 Å². The highest BCUT2D eigenvalue weighted by atomic mass is 31.2. The number of ether oxygens (including phenoxy) is 2. The topological polar surface area (TPSA) is 161 Å². The number of alkyl halides is 3. The molecule has 2 N–H and O–H groups in total. The Bertz CT molecular complexity index is 1590. The Balaban J connectivity index is 1.40. The van der Waals surface area contributed by atoms with E-state index in [1.165, 1.54) is 10.8 Å². The van der Waals surface area contributed by atoms with Gasteiger partial charge < -0.3 is 25.0 Å². The monoisotopic (exact) mass is 699 g/mol. The van der Waals surface area contributed by atoms with Crippen molar-refractivity contribution in [3.8, 4) is 0 Å². The summed E-state index contributed by atoms with van der Waals surface area (Å²) in [6.07, 6.45) is -4.49. The molecule has 0 saturated carbocycles. The van der Waals surface area contributed by atoms with Crippen molar-refractivity contribution in [1.82, 2.24) is 14.9 Å². The summed E-state index contributed by atoms with van der Waals surface area (Å²) in [5.41, 5.74) is -1.02. The summed E-state index contributed by atoms with van der Waals surface area (Å²) in [5, 5.41) is 4.44. The number of phosphoric acid groups is 1. The smallest absolute Gasteiger partial charge is 0.368 e. The molecule has 262 valence electrons. The predicted molar refractivity (Wildman–Crippen MR) is 164 cm³/mol. The van der Waals surface area contributed by atoms with Gasteiger partial charge in [0.15, 0.2) is 6.23 Å². The van der Waals surface area contributed by atoms with Crippen molar-refractivity contribution in [1.29, 1.82) is 0 Å². The Morgan fingerprint density at radius 2 is 1.88 bits per heavy atom. The zero-order chi connectivity index (χ0) is 35.0. The number of carbonyl (C=O) groups is 2. The maximum absolute atomic E-state index is 13.8. The van der Waals surface area contributed by atoms with E-state index in [0.29, 0.717) is 43.2 Å². The molecule has 4 rings (SSSR count). The van der Waals surface area contributed by atoms with E-state index in [2.05, 4.69) is 15.1 Å². The summed E-state index contributed by atoms with van der Waals surface area (Å²) in [5.74, 6) is -2.36. The quantitative estimate of drug-likeness (QED) is 0.136. The number of aromatic nitrogens is 2. The second kappa shape index (κ2) is 16.2. The highest BCUT2D eigenvalue weighted by Gasteiger charge is 2.64. The lowest BCUT2D eigenvalue weighted by atomic mass is 9.96. The Hall–Kier alpha value is -3.65. The Morgan fingerprint density at radius 3 is 2.56 bits per heavy atom. The molecule has 14 nitrogen and oxygen atoms in total. The molecule has 2 aliphatic rings. The molecule has 0 spiro atoms. The summed E-state index contributed by atoms with van der Waals surface area (Å²) in [6, 6.07) is 8.43. The van der Waals surface area contributed by atoms with Crippen molar-refractivity contribution in [2.75, 3.05) is 38.2 Å². The second-order valence-electron chi connectivity index (χ2n) is 11.2. The average Bonchev–Trinajstić information content (AvgIpc) is 3.55. The number of aryl methyl sites for hydroxylation is 1. The summed E-state index contributed by atoms with van der Waals surface area (Å²) in [4.78, 5) is 44.0. The number of benzene rings is 1. The van der Waals surface area contributed by atoms with Crippen LogP contribution in [0, 0.1) is 13.5 Å². The van der Waals surface area contributed by atoms with Crippen LogP contribution in [0.5, 0.6) is 0 Å². The van der Waals surface area contributed by atoms with E-state index in [1.807, 2.05) is 6.92 Å². The van der Waals surface area contributed by atoms with Crippen LogP contribution in [-0.2, 0) is 32.4 Å². The van der Waals surface area contributed by atoms with Gasteiger partial charge in [-0.15, -0.1) is 0 Å². The summed E-state index contributed by atoms with van der Waals surface area (Å²) < 4.78 is 81.2. The van der Waals surface area contributed by atoms with Gasteiger partial charge in [-0.25, -0.2) is 15.9 Å². The van der Waals surface area contributed by atoms with E-state index in [9.17, 15) is 32.1 Å². The number of amides is 2. The van der Waals surface area contributed by atoms with Crippen LogP contribution in [0.3, 0.4) is 0 Å². The maximum Gasteiger partial charge on any atom is 0.475 e. The van der Waals surface area contributed by atoms with Gasteiger partial charge in [0.2, 0.25) is 6.54 Å². The zero-order valence-electron chi connectivity index (χ0n) is 26.4. The molecular formula is C30H37F3N5O9P. The number of halogens is 3. The first kappa shape index (κ1) is 37.2. The van der Waals surface area contributed by atoms with E-state index in [0.717, 1.165) is 0 Å². The van der Waals surface area contributed by atoms with Crippen LogP contribution in [0.4, 0.5) is 19.0 Å². The average molecular weight is 700 g/mol. The molecule has 2 saturated heterocycles. The number of rotatable bonds is 17. The normalized spacial score (nSPS) is 23.0. The van der Waals surface area contributed by atoms with Gasteiger partial charge in [0.1, 0.15) is 30.2 Å². The van der Waals surface area contributed by atoms with Gasteiger partial charge in [0, 0.05) is 23.9 Å². The molecule has 2 fully saturated rings. The fourth-order valence-corrected chi connectivity index (χ4v) is 6.69. The van der Waals surface area contributed by atoms with Gasteiger partial charge in [-0.2, -0.15) is 18.2 Å². The van der Waals surface area contributed by atoms with Crippen molar-refractivity contribution in [3.63, 3.8) is 0 Å². The zero-order valence-corrected chi connectivity index (χ0v) is 27.3. The van der Waals surface area contributed by atoms with Crippen molar-refractivity contribution in [3.05, 3.63) is 69.6 Å². The number of carbonyl (C=O) groups excluding carboxylic acids is 2. The molecule has 0 radical (unpaired) electrons. The SMILES string of the molecule is [C-]#[N+]CCOP(=O)(OCCCCCCNC(=O)C(F)(F)F)O[C@@H]1C2OC[C@]1(CC)O[C@H]2n1cc(C)c(NC(=O)c2ccccc2)nc1=O. The van der Waals surface area contributed by atoms with Crippen molar-refractivity contribution in [2.24, 2.45) is 0 Å². The van der Waals surface area contributed by atoms with Crippen molar-refractivity contribution < 1.29 is 50.4 Å². The fraction of sp³-hybridized carbons (Fsp3) is 0.567. The third kappa shape index (κ3) is 9.07. The van der Waals surface area contributed by atoms with E-state index >= 15 is 0 Å². The first-order valence-electron chi connectivity index (χ1n) is 15.3. The molecule has 1 aromatic heterocycles. The molecule has 2 aliphatic heterocycles. The summed E-state index contributed by atoms with van der Waals surface area (Å²) >= 11 is 0. The largest absolute Gasteiger partial charge is 0.475 e. The van der Waals surface area contributed by atoms with Gasteiger partial charge in [-0.3, -0.25) is 27.7 Å². The van der Waals surface area contributed by atoms with Crippen LogP contribution in [0.1, 0.15) is 61.2 Å². The third-order valence-electron chi connectivity index (χ3n) is 7.81. The van der Waals surface area contributed by atoms with Gasteiger partial charge in [0.05, 0.1) is 13.2 Å². The number of phosphoric ester groups is 1. The Kier molecular flexibility index (Phi) is 12.5. The van der Waals surface area contributed by atoms with Crippen LogP contribution in [-0.4, -0.2) is 78.3 Å². The molecule has 18 heteroatoms. The minimum Gasteiger partial charge on any atom is -0.368 e. The maximum atomic E-state index is 13.8. The van der Waals surface area contributed by atoms with Crippen molar-refractivity contribution >= 4 is 25.5 Å².